The van der Waals surface area contributed by atoms with Crippen LogP contribution in [0.2, 0.25) is 10.0 Å². The second kappa shape index (κ2) is 7.20. The summed E-state index contributed by atoms with van der Waals surface area (Å²) >= 11 is 12.1. The average Bonchev–Trinajstić information content (AvgIpc) is 2.58. The van der Waals surface area contributed by atoms with E-state index in [0.29, 0.717) is 15.7 Å². The molecule has 1 amide bonds. The molecule has 0 saturated carbocycles. The summed E-state index contributed by atoms with van der Waals surface area (Å²) in [5.74, 6) is -0.0180. The van der Waals surface area contributed by atoms with E-state index in [1.54, 1.807) is 36.5 Å². The van der Waals surface area contributed by atoms with Crippen molar-refractivity contribution in [3.63, 3.8) is 0 Å². The fraction of sp³-hybridized carbons (Fsp3) is 0.294. The minimum absolute atomic E-state index is 0.0180. The molecule has 1 aliphatic heterocycles. The highest BCUT2D eigenvalue weighted by Gasteiger charge is 2.19. The first-order chi connectivity index (χ1) is 11.1. The van der Waals surface area contributed by atoms with E-state index in [9.17, 15) is 4.79 Å². The Bertz CT molecular complexity index is 715. The first-order valence-corrected chi connectivity index (χ1v) is 8.36. The van der Waals surface area contributed by atoms with Crippen LogP contribution >= 0.6 is 23.2 Å². The van der Waals surface area contributed by atoms with Gasteiger partial charge in [0.25, 0.3) is 5.91 Å². The molecular weight excluding hydrogens is 333 g/mol. The molecule has 3 rings (SSSR count). The summed E-state index contributed by atoms with van der Waals surface area (Å²) in [5.41, 5.74) is 1.95. The van der Waals surface area contributed by atoms with Crippen molar-refractivity contribution in [2.45, 2.75) is 19.3 Å². The van der Waals surface area contributed by atoms with Gasteiger partial charge in [-0.1, -0.05) is 23.2 Å². The highest BCUT2D eigenvalue weighted by Crippen LogP contribution is 2.28. The van der Waals surface area contributed by atoms with Gasteiger partial charge in [-0.15, -0.1) is 0 Å². The quantitative estimate of drug-likeness (QED) is 0.868. The molecule has 0 radical (unpaired) electrons. The topological polar surface area (TPSA) is 45.2 Å². The summed E-state index contributed by atoms with van der Waals surface area (Å²) in [4.78, 5) is 18.6. The highest BCUT2D eigenvalue weighted by molar-refractivity contribution is 6.36. The molecule has 1 saturated heterocycles. The number of carbonyl (C=O) groups excluding carboxylic acids is 1. The molecule has 1 fully saturated rings. The van der Waals surface area contributed by atoms with Gasteiger partial charge in [0.2, 0.25) is 0 Å². The Morgan fingerprint density at radius 1 is 1.09 bits per heavy atom. The van der Waals surface area contributed by atoms with Gasteiger partial charge in [-0.25, -0.2) is 0 Å². The summed E-state index contributed by atoms with van der Waals surface area (Å²) in [6.45, 7) is 1.61. The monoisotopic (exact) mass is 349 g/mol. The molecule has 0 bridgehead atoms. The molecular formula is C17H17Cl2N3O. The largest absolute Gasteiger partial charge is 0.354 e. The molecule has 2 aromatic rings. The number of nitrogens with one attached hydrogen (secondary N) is 1. The lowest BCUT2D eigenvalue weighted by Crippen LogP contribution is -2.36. The number of halogens is 2. The van der Waals surface area contributed by atoms with Crippen molar-refractivity contribution in [3.8, 4) is 0 Å². The lowest BCUT2D eigenvalue weighted by molar-refractivity contribution is 0.0718. The summed E-state index contributed by atoms with van der Waals surface area (Å²) < 4.78 is 0. The van der Waals surface area contributed by atoms with E-state index in [-0.39, 0.29) is 5.91 Å². The van der Waals surface area contributed by atoms with Crippen molar-refractivity contribution >= 4 is 40.5 Å². The van der Waals surface area contributed by atoms with Crippen LogP contribution in [0.1, 0.15) is 29.8 Å². The third kappa shape index (κ3) is 3.95. The Balaban J connectivity index is 1.78. The molecule has 0 atom stereocenters. The Morgan fingerprint density at radius 2 is 1.87 bits per heavy atom. The number of piperidine rings is 1. The molecule has 1 N–H and O–H groups in total. The van der Waals surface area contributed by atoms with Crippen LogP contribution in [-0.2, 0) is 0 Å². The number of benzene rings is 1. The van der Waals surface area contributed by atoms with Gasteiger partial charge in [-0.05, 0) is 49.6 Å². The van der Waals surface area contributed by atoms with E-state index >= 15 is 0 Å². The Hall–Kier alpha value is -1.78. The van der Waals surface area contributed by atoms with Gasteiger partial charge in [0.05, 0.1) is 10.7 Å². The van der Waals surface area contributed by atoms with Gasteiger partial charge < -0.3 is 10.2 Å². The van der Waals surface area contributed by atoms with Gasteiger partial charge >= 0.3 is 0 Å². The maximum atomic E-state index is 12.5. The van der Waals surface area contributed by atoms with E-state index in [0.717, 1.165) is 37.3 Å². The van der Waals surface area contributed by atoms with Crippen LogP contribution in [0.3, 0.4) is 0 Å². The Morgan fingerprint density at radius 3 is 2.61 bits per heavy atom. The molecule has 1 aromatic carbocycles. The maximum absolute atomic E-state index is 12.5. The van der Waals surface area contributed by atoms with Crippen LogP contribution in [0.5, 0.6) is 0 Å². The van der Waals surface area contributed by atoms with Crippen LogP contribution in [0.15, 0.2) is 36.5 Å². The molecule has 2 heterocycles. The highest BCUT2D eigenvalue weighted by atomic mass is 35.5. The molecule has 1 aliphatic rings. The number of aromatic nitrogens is 1. The lowest BCUT2D eigenvalue weighted by atomic mass is 10.1. The van der Waals surface area contributed by atoms with Crippen LogP contribution in [0.25, 0.3) is 0 Å². The number of rotatable bonds is 3. The van der Waals surface area contributed by atoms with Gasteiger partial charge in [0, 0.05) is 30.0 Å². The third-order valence-electron chi connectivity index (χ3n) is 3.83. The van der Waals surface area contributed by atoms with E-state index in [2.05, 4.69) is 10.3 Å². The molecule has 1 aromatic heterocycles. The molecule has 0 aliphatic carbocycles. The second-order valence-corrected chi connectivity index (χ2v) is 6.38. The van der Waals surface area contributed by atoms with E-state index in [4.69, 9.17) is 23.2 Å². The second-order valence-electron chi connectivity index (χ2n) is 5.53. The molecule has 23 heavy (non-hydrogen) atoms. The molecule has 0 unspecified atom stereocenters. The Kier molecular flexibility index (Phi) is 5.03. The molecule has 4 nitrogen and oxygen atoms in total. The van der Waals surface area contributed by atoms with Crippen LogP contribution in [0.4, 0.5) is 11.4 Å². The molecule has 0 spiro atoms. The zero-order valence-corrected chi connectivity index (χ0v) is 14.1. The number of likely N-dealkylation sites (tertiary alicyclic amines) is 1. The van der Waals surface area contributed by atoms with Gasteiger partial charge in [-0.2, -0.15) is 0 Å². The Labute approximate surface area is 145 Å². The summed E-state index contributed by atoms with van der Waals surface area (Å²) in [6, 6.07) is 8.79. The standard InChI is InChI=1S/C17H17Cl2N3O/c18-12-4-5-15(14(19)10-12)21-13-6-7-20-16(11-13)17(23)22-8-2-1-3-9-22/h4-7,10-11H,1-3,8-9H2,(H,20,21). The van der Waals surface area contributed by atoms with Crippen molar-refractivity contribution in [3.05, 3.63) is 52.3 Å². The maximum Gasteiger partial charge on any atom is 0.272 e. The summed E-state index contributed by atoms with van der Waals surface area (Å²) in [7, 11) is 0. The number of hydrogen-bond acceptors (Lipinski definition) is 3. The SMILES string of the molecule is O=C(c1cc(Nc2ccc(Cl)cc2Cl)ccn1)N1CCCCC1. The minimum Gasteiger partial charge on any atom is -0.354 e. The lowest BCUT2D eigenvalue weighted by Gasteiger charge is -2.26. The number of amides is 1. The van der Waals surface area contributed by atoms with Gasteiger partial charge in [-0.3, -0.25) is 9.78 Å². The fourth-order valence-electron chi connectivity index (χ4n) is 2.63. The zero-order chi connectivity index (χ0) is 16.2. The predicted octanol–water partition coefficient (Wildman–Crippen LogP) is 4.76. The first-order valence-electron chi connectivity index (χ1n) is 7.61. The number of carbonyl (C=O) groups is 1. The van der Waals surface area contributed by atoms with Gasteiger partial charge in [0.15, 0.2) is 0 Å². The van der Waals surface area contributed by atoms with E-state index in [1.807, 2.05) is 4.90 Å². The van der Waals surface area contributed by atoms with Crippen LogP contribution < -0.4 is 5.32 Å². The summed E-state index contributed by atoms with van der Waals surface area (Å²) in [6.07, 6.45) is 4.94. The van der Waals surface area contributed by atoms with Gasteiger partial charge in [0.1, 0.15) is 5.69 Å². The number of nitrogens with zero attached hydrogens (tertiary/aromatic N) is 2. The molecule has 120 valence electrons. The van der Waals surface area contributed by atoms with Crippen molar-refractivity contribution < 1.29 is 4.79 Å². The fourth-order valence-corrected chi connectivity index (χ4v) is 3.09. The molecule has 6 heteroatoms. The number of pyridine rings is 1. The normalized spacial score (nSPS) is 14.6. The average molecular weight is 350 g/mol. The number of hydrogen-bond donors (Lipinski definition) is 1. The third-order valence-corrected chi connectivity index (χ3v) is 4.38. The van der Waals surface area contributed by atoms with Crippen molar-refractivity contribution in [1.29, 1.82) is 0 Å². The predicted molar refractivity (Wildman–Crippen MR) is 93.7 cm³/mol. The van der Waals surface area contributed by atoms with Crippen LogP contribution in [-0.4, -0.2) is 28.9 Å². The van der Waals surface area contributed by atoms with Crippen molar-refractivity contribution in [2.24, 2.45) is 0 Å². The smallest absolute Gasteiger partial charge is 0.272 e. The van der Waals surface area contributed by atoms with Crippen molar-refractivity contribution in [1.82, 2.24) is 9.88 Å². The summed E-state index contributed by atoms with van der Waals surface area (Å²) in [5, 5.41) is 4.30. The first kappa shape index (κ1) is 16.1. The number of anilines is 2. The van der Waals surface area contributed by atoms with Crippen LogP contribution in [0, 0.1) is 0 Å². The van der Waals surface area contributed by atoms with E-state index < -0.39 is 0 Å². The minimum atomic E-state index is -0.0180. The van der Waals surface area contributed by atoms with E-state index in [1.165, 1.54) is 6.42 Å². The van der Waals surface area contributed by atoms with Crippen molar-refractivity contribution in [2.75, 3.05) is 18.4 Å². The zero-order valence-electron chi connectivity index (χ0n) is 12.6.